The second-order valence-corrected chi connectivity index (χ2v) is 4.61. The quantitative estimate of drug-likeness (QED) is 0.633. The minimum absolute atomic E-state index is 0.346. The molecule has 1 aliphatic carbocycles. The molecule has 1 aromatic carbocycles. The van der Waals surface area contributed by atoms with E-state index >= 15 is 0 Å². The normalized spacial score (nSPS) is 18.1. The smallest absolute Gasteiger partial charge is 0.235 e. The molecule has 4 nitrogen and oxygen atoms in total. The standard InChI is InChI=1S/C13H13N3O/c17-9-14-13(5-1-2-6-13)11-4-3-10-8-15-16-12(10)7-11/h3-4,7-8H,1-2,5-6H2,(H,15,16). The van der Waals surface area contributed by atoms with Crippen molar-refractivity contribution >= 4 is 17.0 Å². The number of nitrogens with one attached hydrogen (secondary N) is 1. The fraction of sp³-hybridized carbons (Fsp3) is 0.385. The first kappa shape index (κ1) is 10.2. The average molecular weight is 227 g/mol. The molecule has 86 valence electrons. The monoisotopic (exact) mass is 227 g/mol. The molecule has 2 aromatic rings. The molecule has 1 heterocycles. The molecule has 0 unspecified atom stereocenters. The van der Waals surface area contributed by atoms with Gasteiger partial charge in [-0.15, -0.1) is 0 Å². The van der Waals surface area contributed by atoms with Crippen LogP contribution in [0.25, 0.3) is 10.9 Å². The van der Waals surface area contributed by atoms with E-state index in [4.69, 9.17) is 0 Å². The van der Waals surface area contributed by atoms with Crippen LogP contribution in [0, 0.1) is 0 Å². The lowest BCUT2D eigenvalue weighted by molar-refractivity contribution is 0.456. The molecular weight excluding hydrogens is 214 g/mol. The van der Waals surface area contributed by atoms with Crippen LogP contribution in [0.15, 0.2) is 29.4 Å². The van der Waals surface area contributed by atoms with Crippen molar-refractivity contribution in [2.45, 2.75) is 31.2 Å². The highest BCUT2D eigenvalue weighted by Crippen LogP contribution is 2.42. The summed E-state index contributed by atoms with van der Waals surface area (Å²) in [5.41, 5.74) is 1.74. The number of carbonyl (C=O) groups excluding carboxylic acids is 1. The minimum atomic E-state index is -0.346. The van der Waals surface area contributed by atoms with Crippen LogP contribution in [0.2, 0.25) is 0 Å². The Morgan fingerprint density at radius 3 is 2.94 bits per heavy atom. The zero-order valence-electron chi connectivity index (χ0n) is 9.44. The van der Waals surface area contributed by atoms with Crippen LogP contribution in [0.1, 0.15) is 31.2 Å². The Morgan fingerprint density at radius 1 is 1.35 bits per heavy atom. The van der Waals surface area contributed by atoms with Crippen LogP contribution in [0.4, 0.5) is 0 Å². The van der Waals surface area contributed by atoms with Crippen molar-refractivity contribution < 1.29 is 4.79 Å². The summed E-state index contributed by atoms with van der Waals surface area (Å²) in [6.07, 6.45) is 7.63. The third-order valence-corrected chi connectivity index (χ3v) is 3.67. The van der Waals surface area contributed by atoms with E-state index in [1.54, 1.807) is 12.3 Å². The molecule has 4 heteroatoms. The lowest BCUT2D eigenvalue weighted by atomic mass is 9.88. The molecule has 1 N–H and O–H groups in total. The summed E-state index contributed by atoms with van der Waals surface area (Å²) < 4.78 is 0. The number of hydrogen-bond acceptors (Lipinski definition) is 3. The number of aromatic amines is 1. The molecule has 3 rings (SSSR count). The van der Waals surface area contributed by atoms with E-state index < -0.39 is 0 Å². The van der Waals surface area contributed by atoms with Gasteiger partial charge in [-0.05, 0) is 24.5 Å². The molecule has 17 heavy (non-hydrogen) atoms. The van der Waals surface area contributed by atoms with E-state index in [0.29, 0.717) is 0 Å². The van der Waals surface area contributed by atoms with Crippen molar-refractivity contribution in [3.63, 3.8) is 0 Å². The Balaban J connectivity index is 2.14. The Kier molecular flexibility index (Phi) is 2.30. The molecule has 1 saturated carbocycles. The fourth-order valence-electron chi connectivity index (χ4n) is 2.74. The molecule has 1 aliphatic rings. The number of aromatic nitrogens is 2. The summed E-state index contributed by atoms with van der Waals surface area (Å²) in [5.74, 6) is 0. The average Bonchev–Trinajstić information content (AvgIpc) is 2.96. The predicted octanol–water partition coefficient (Wildman–Crippen LogP) is 2.67. The summed E-state index contributed by atoms with van der Waals surface area (Å²) in [5, 5.41) is 8.04. The van der Waals surface area contributed by atoms with Crippen LogP contribution in [-0.4, -0.2) is 16.3 Å². The van der Waals surface area contributed by atoms with E-state index in [0.717, 1.165) is 42.1 Å². The molecule has 0 radical (unpaired) electrons. The number of isocyanates is 1. The number of nitrogens with zero attached hydrogens (tertiary/aromatic N) is 2. The number of fused-ring (bicyclic) bond motifs is 1. The maximum Gasteiger partial charge on any atom is 0.235 e. The highest BCUT2D eigenvalue weighted by Gasteiger charge is 2.35. The number of hydrogen-bond donors (Lipinski definition) is 1. The highest BCUT2D eigenvalue weighted by atomic mass is 16.1. The van der Waals surface area contributed by atoms with Gasteiger partial charge >= 0.3 is 0 Å². The number of rotatable bonds is 2. The summed E-state index contributed by atoms with van der Waals surface area (Å²) in [6, 6.07) is 6.12. The lowest BCUT2D eigenvalue weighted by Crippen LogP contribution is -2.18. The van der Waals surface area contributed by atoms with Gasteiger partial charge in [0.05, 0.1) is 17.3 Å². The van der Waals surface area contributed by atoms with E-state index in [2.05, 4.69) is 21.3 Å². The summed E-state index contributed by atoms with van der Waals surface area (Å²) in [7, 11) is 0. The van der Waals surface area contributed by atoms with Gasteiger partial charge in [0.25, 0.3) is 0 Å². The zero-order valence-corrected chi connectivity index (χ0v) is 9.44. The summed E-state index contributed by atoms with van der Waals surface area (Å²) in [6.45, 7) is 0. The maximum absolute atomic E-state index is 10.6. The molecule has 0 bridgehead atoms. The second kappa shape index (κ2) is 3.82. The van der Waals surface area contributed by atoms with Gasteiger partial charge in [-0.1, -0.05) is 25.0 Å². The Morgan fingerprint density at radius 2 is 2.18 bits per heavy atom. The zero-order chi connectivity index (χ0) is 11.7. The number of aliphatic imine (C=N–C) groups is 1. The van der Waals surface area contributed by atoms with Gasteiger partial charge in [-0.2, -0.15) is 10.1 Å². The van der Waals surface area contributed by atoms with Gasteiger partial charge in [-0.3, -0.25) is 5.10 Å². The summed E-state index contributed by atoms with van der Waals surface area (Å²) in [4.78, 5) is 14.7. The molecule has 0 amide bonds. The van der Waals surface area contributed by atoms with Crippen LogP contribution >= 0.6 is 0 Å². The van der Waals surface area contributed by atoms with Crippen LogP contribution < -0.4 is 0 Å². The predicted molar refractivity (Wildman–Crippen MR) is 64.4 cm³/mol. The second-order valence-electron chi connectivity index (χ2n) is 4.61. The van der Waals surface area contributed by atoms with Gasteiger partial charge in [0.2, 0.25) is 6.08 Å². The number of H-pyrrole nitrogens is 1. The van der Waals surface area contributed by atoms with E-state index in [1.807, 2.05) is 12.1 Å². The Labute approximate surface area is 98.8 Å². The Hall–Kier alpha value is -1.93. The van der Waals surface area contributed by atoms with Gasteiger partial charge in [-0.25, -0.2) is 4.79 Å². The van der Waals surface area contributed by atoms with Gasteiger partial charge in [0.15, 0.2) is 0 Å². The molecule has 0 aliphatic heterocycles. The third kappa shape index (κ3) is 1.58. The van der Waals surface area contributed by atoms with Crippen LogP contribution in [-0.2, 0) is 10.3 Å². The van der Waals surface area contributed by atoms with Crippen molar-refractivity contribution in [2.75, 3.05) is 0 Å². The van der Waals surface area contributed by atoms with Gasteiger partial charge < -0.3 is 0 Å². The van der Waals surface area contributed by atoms with Crippen molar-refractivity contribution in [2.24, 2.45) is 4.99 Å². The van der Waals surface area contributed by atoms with E-state index in [-0.39, 0.29) is 5.54 Å². The first-order chi connectivity index (χ1) is 8.34. The molecular formula is C13H13N3O. The van der Waals surface area contributed by atoms with E-state index in [1.165, 1.54) is 0 Å². The fourth-order valence-corrected chi connectivity index (χ4v) is 2.74. The lowest BCUT2D eigenvalue weighted by Gasteiger charge is -2.22. The van der Waals surface area contributed by atoms with Crippen LogP contribution in [0.5, 0.6) is 0 Å². The van der Waals surface area contributed by atoms with Crippen LogP contribution in [0.3, 0.4) is 0 Å². The molecule has 0 saturated heterocycles. The topological polar surface area (TPSA) is 58.1 Å². The molecule has 0 spiro atoms. The van der Waals surface area contributed by atoms with Crippen molar-refractivity contribution in [1.29, 1.82) is 0 Å². The van der Waals surface area contributed by atoms with Gasteiger partial charge in [0, 0.05) is 5.39 Å². The minimum Gasteiger partial charge on any atom is -0.278 e. The summed E-state index contributed by atoms with van der Waals surface area (Å²) >= 11 is 0. The van der Waals surface area contributed by atoms with Gasteiger partial charge in [0.1, 0.15) is 0 Å². The SMILES string of the molecule is O=C=NC1(c2ccc3cn[nH]c3c2)CCCC1. The largest absolute Gasteiger partial charge is 0.278 e. The van der Waals surface area contributed by atoms with Crippen molar-refractivity contribution in [3.8, 4) is 0 Å². The first-order valence-corrected chi connectivity index (χ1v) is 5.87. The molecule has 1 fully saturated rings. The van der Waals surface area contributed by atoms with Crippen molar-refractivity contribution in [1.82, 2.24) is 10.2 Å². The molecule has 0 atom stereocenters. The highest BCUT2D eigenvalue weighted by molar-refractivity contribution is 5.78. The Bertz CT molecular complexity index is 589. The molecule has 1 aromatic heterocycles. The maximum atomic E-state index is 10.6. The van der Waals surface area contributed by atoms with Crippen molar-refractivity contribution in [3.05, 3.63) is 30.0 Å². The number of benzene rings is 1. The third-order valence-electron chi connectivity index (χ3n) is 3.67. The van der Waals surface area contributed by atoms with E-state index in [9.17, 15) is 4.79 Å². The first-order valence-electron chi connectivity index (χ1n) is 5.87.